The highest BCUT2D eigenvalue weighted by molar-refractivity contribution is 7.92. The summed E-state index contributed by atoms with van der Waals surface area (Å²) in [6.45, 7) is 3.69. The first-order valence-electron chi connectivity index (χ1n) is 5.85. The smallest absolute Gasteiger partial charge is 0.261 e. The molecule has 0 atom stereocenters. The zero-order valence-electron chi connectivity index (χ0n) is 10.8. The number of anilines is 1. The second-order valence-electron chi connectivity index (χ2n) is 4.44. The van der Waals surface area contributed by atoms with Crippen molar-refractivity contribution in [3.05, 3.63) is 53.6 Å². The van der Waals surface area contributed by atoms with E-state index in [1.807, 2.05) is 6.92 Å². The average Bonchev–Trinajstić information content (AvgIpc) is 2.35. The number of sulfonamides is 1. The van der Waals surface area contributed by atoms with Gasteiger partial charge in [-0.05, 0) is 37.6 Å². The Balaban J connectivity index is 2.36. The summed E-state index contributed by atoms with van der Waals surface area (Å²) in [7, 11) is 2.19. The fourth-order valence-corrected chi connectivity index (χ4v) is 2.81. The molecular weight excluding hydrogens is 257 g/mol. The van der Waals surface area contributed by atoms with Crippen LogP contribution < -0.4 is 10.2 Å². The highest BCUT2D eigenvalue weighted by Crippen LogP contribution is 2.18. The van der Waals surface area contributed by atoms with Gasteiger partial charge in [0.25, 0.3) is 10.0 Å². The molecule has 0 spiro atoms. The number of rotatable bonds is 3. The third-order valence-electron chi connectivity index (χ3n) is 2.95. The molecule has 1 N–H and O–H groups in total. The lowest BCUT2D eigenvalue weighted by Crippen LogP contribution is -2.17. The minimum absolute atomic E-state index is 0.236. The Morgan fingerprint density at radius 3 is 2.26 bits per heavy atom. The van der Waals surface area contributed by atoms with Crippen molar-refractivity contribution in [1.29, 1.82) is 0 Å². The van der Waals surface area contributed by atoms with Crippen LogP contribution in [0.25, 0.3) is 0 Å². The van der Waals surface area contributed by atoms with Gasteiger partial charge in [-0.1, -0.05) is 35.3 Å². The van der Waals surface area contributed by atoms with Crippen molar-refractivity contribution in [2.45, 2.75) is 18.7 Å². The zero-order chi connectivity index (χ0) is 14.0. The average molecular weight is 271 g/mol. The van der Waals surface area contributed by atoms with Crippen LogP contribution in [-0.4, -0.2) is 16.3 Å². The summed E-state index contributed by atoms with van der Waals surface area (Å²) in [5.74, 6) is 0. The van der Waals surface area contributed by atoms with Crippen LogP contribution >= 0.6 is 0 Å². The quantitative estimate of drug-likeness (QED) is 0.867. The topological polar surface area (TPSA) is 46.2 Å². The van der Waals surface area contributed by atoms with Crippen molar-refractivity contribution in [3.63, 3.8) is 0 Å². The summed E-state index contributed by atoms with van der Waals surface area (Å²) in [6, 6.07) is 11.8. The van der Waals surface area contributed by atoms with E-state index in [2.05, 4.69) is 4.72 Å². The van der Waals surface area contributed by atoms with Gasteiger partial charge >= 0.3 is 0 Å². The molecule has 0 amide bonds. The third kappa shape index (κ3) is 2.99. The predicted octanol–water partition coefficient (Wildman–Crippen LogP) is 1.90. The summed E-state index contributed by atoms with van der Waals surface area (Å²) in [6.07, 6.45) is 0. The standard InChI is InChI=1S/C14H14BNO2S/c1-10-6-8-12(9-7-10)19(17,18)16-14-5-3-4-13(15)11(14)2/h3-9,16H,1-2H3. The summed E-state index contributed by atoms with van der Waals surface area (Å²) in [5.41, 5.74) is 2.79. The molecule has 0 heterocycles. The van der Waals surface area contributed by atoms with Crippen LogP contribution in [0.3, 0.4) is 0 Å². The van der Waals surface area contributed by atoms with Gasteiger partial charge in [-0.15, -0.1) is 0 Å². The van der Waals surface area contributed by atoms with Gasteiger partial charge in [0.15, 0.2) is 0 Å². The first kappa shape index (κ1) is 13.7. The summed E-state index contributed by atoms with van der Waals surface area (Å²) in [4.78, 5) is 0.236. The molecular formula is C14H14BNO2S. The van der Waals surface area contributed by atoms with Crippen molar-refractivity contribution in [1.82, 2.24) is 0 Å². The Bertz CT molecular complexity index is 694. The van der Waals surface area contributed by atoms with Gasteiger partial charge in [-0.3, -0.25) is 4.72 Å². The van der Waals surface area contributed by atoms with E-state index in [0.29, 0.717) is 11.2 Å². The minimum atomic E-state index is -3.57. The third-order valence-corrected chi connectivity index (χ3v) is 4.33. The first-order chi connectivity index (χ1) is 8.90. The van der Waals surface area contributed by atoms with Crippen molar-refractivity contribution >= 4 is 29.0 Å². The van der Waals surface area contributed by atoms with Gasteiger partial charge in [-0.2, -0.15) is 0 Å². The molecule has 0 saturated heterocycles. The molecule has 3 nitrogen and oxygen atoms in total. The number of aryl methyl sites for hydroxylation is 1. The fourth-order valence-electron chi connectivity index (χ4n) is 1.69. The Morgan fingerprint density at radius 2 is 1.63 bits per heavy atom. The summed E-state index contributed by atoms with van der Waals surface area (Å²) in [5, 5.41) is 0. The minimum Gasteiger partial charge on any atom is -0.279 e. The predicted molar refractivity (Wildman–Crippen MR) is 78.6 cm³/mol. The molecule has 2 rings (SSSR count). The van der Waals surface area contributed by atoms with Crippen molar-refractivity contribution in [3.8, 4) is 0 Å². The molecule has 19 heavy (non-hydrogen) atoms. The van der Waals surface area contributed by atoms with Crippen LogP contribution in [-0.2, 0) is 10.0 Å². The summed E-state index contributed by atoms with van der Waals surface area (Å²) >= 11 is 0. The van der Waals surface area contributed by atoms with E-state index in [4.69, 9.17) is 7.85 Å². The maximum atomic E-state index is 12.2. The molecule has 0 unspecified atom stereocenters. The highest BCUT2D eigenvalue weighted by atomic mass is 32.2. The largest absolute Gasteiger partial charge is 0.279 e. The van der Waals surface area contributed by atoms with Gasteiger partial charge in [0, 0.05) is 0 Å². The number of benzene rings is 2. The lowest BCUT2D eigenvalue weighted by atomic mass is 9.91. The van der Waals surface area contributed by atoms with Crippen LogP contribution in [0, 0.1) is 13.8 Å². The molecule has 0 aliphatic carbocycles. The van der Waals surface area contributed by atoms with Gasteiger partial charge in [0.1, 0.15) is 7.85 Å². The molecule has 96 valence electrons. The molecule has 0 bridgehead atoms. The lowest BCUT2D eigenvalue weighted by molar-refractivity contribution is 0.601. The van der Waals surface area contributed by atoms with E-state index in [1.54, 1.807) is 49.4 Å². The van der Waals surface area contributed by atoms with E-state index in [0.717, 1.165) is 11.1 Å². The van der Waals surface area contributed by atoms with Gasteiger partial charge in [0.05, 0.1) is 10.6 Å². The van der Waals surface area contributed by atoms with Crippen LogP contribution in [0.4, 0.5) is 5.69 Å². The Labute approximate surface area is 115 Å². The maximum absolute atomic E-state index is 12.2. The van der Waals surface area contributed by atoms with E-state index >= 15 is 0 Å². The van der Waals surface area contributed by atoms with Crippen LogP contribution in [0.5, 0.6) is 0 Å². The van der Waals surface area contributed by atoms with Crippen molar-refractivity contribution in [2.24, 2.45) is 0 Å². The van der Waals surface area contributed by atoms with E-state index < -0.39 is 10.0 Å². The second-order valence-corrected chi connectivity index (χ2v) is 6.12. The molecule has 2 aromatic carbocycles. The Kier molecular flexibility index (Phi) is 3.67. The van der Waals surface area contributed by atoms with Crippen LogP contribution in [0.15, 0.2) is 47.4 Å². The van der Waals surface area contributed by atoms with Gasteiger partial charge < -0.3 is 0 Å². The van der Waals surface area contributed by atoms with Crippen LogP contribution in [0.1, 0.15) is 11.1 Å². The van der Waals surface area contributed by atoms with Crippen molar-refractivity contribution < 1.29 is 8.42 Å². The van der Waals surface area contributed by atoms with Gasteiger partial charge in [-0.25, -0.2) is 8.42 Å². The number of nitrogens with one attached hydrogen (secondary N) is 1. The molecule has 5 heteroatoms. The van der Waals surface area contributed by atoms with E-state index in [-0.39, 0.29) is 4.90 Å². The molecule has 0 aliphatic rings. The monoisotopic (exact) mass is 271 g/mol. The fraction of sp³-hybridized carbons (Fsp3) is 0.143. The molecule has 0 aromatic heterocycles. The van der Waals surface area contributed by atoms with E-state index in [9.17, 15) is 8.42 Å². The second kappa shape index (κ2) is 5.09. The summed E-state index contributed by atoms with van der Waals surface area (Å²) < 4.78 is 27.0. The Hall–Kier alpha value is -1.75. The maximum Gasteiger partial charge on any atom is 0.261 e. The number of hydrogen-bond donors (Lipinski definition) is 1. The van der Waals surface area contributed by atoms with Gasteiger partial charge in [0.2, 0.25) is 0 Å². The molecule has 0 saturated carbocycles. The molecule has 2 radical (unpaired) electrons. The first-order valence-corrected chi connectivity index (χ1v) is 7.33. The lowest BCUT2D eigenvalue weighted by Gasteiger charge is -2.12. The molecule has 0 fully saturated rings. The van der Waals surface area contributed by atoms with Crippen molar-refractivity contribution in [2.75, 3.05) is 4.72 Å². The molecule has 2 aromatic rings. The number of hydrogen-bond acceptors (Lipinski definition) is 2. The molecule has 0 aliphatic heterocycles. The highest BCUT2D eigenvalue weighted by Gasteiger charge is 2.15. The normalized spacial score (nSPS) is 11.3. The zero-order valence-corrected chi connectivity index (χ0v) is 11.7. The van der Waals surface area contributed by atoms with E-state index in [1.165, 1.54) is 0 Å². The SMILES string of the molecule is [B]c1cccc(NS(=O)(=O)c2ccc(C)cc2)c1C. The van der Waals surface area contributed by atoms with Crippen LogP contribution in [0.2, 0.25) is 0 Å². The Morgan fingerprint density at radius 1 is 1.00 bits per heavy atom.